The van der Waals surface area contributed by atoms with Crippen LogP contribution in [-0.2, 0) is 10.0 Å². The van der Waals surface area contributed by atoms with Gasteiger partial charge < -0.3 is 0 Å². The first kappa shape index (κ1) is 11.1. The molecule has 1 heterocycles. The maximum atomic E-state index is 11.8. The van der Waals surface area contributed by atoms with Crippen molar-refractivity contribution in [3.8, 4) is 0 Å². The molecule has 0 fully saturated rings. The fourth-order valence-corrected chi connectivity index (χ4v) is 2.40. The highest BCUT2D eigenvalue weighted by Gasteiger charge is 2.23. The van der Waals surface area contributed by atoms with E-state index in [1.165, 1.54) is 16.7 Å². The fourth-order valence-electron chi connectivity index (χ4n) is 1.10. The first-order valence-electron chi connectivity index (χ1n) is 4.40. The third kappa shape index (κ3) is 2.08. The molecule has 0 saturated heterocycles. The minimum atomic E-state index is -3.49. The molecule has 0 amide bonds. The Labute approximate surface area is 83.9 Å². The Morgan fingerprint density at radius 1 is 1.21 bits per heavy atom. The summed E-state index contributed by atoms with van der Waals surface area (Å²) in [6.45, 7) is 4.42. The van der Waals surface area contributed by atoms with Crippen molar-refractivity contribution in [3.05, 3.63) is 18.5 Å². The minimum Gasteiger partial charge on any atom is -0.226 e. The molecule has 1 aromatic heterocycles. The van der Waals surface area contributed by atoms with Crippen molar-refractivity contribution in [1.82, 2.24) is 14.3 Å². The monoisotopic (exact) mass is 215 g/mol. The summed E-state index contributed by atoms with van der Waals surface area (Å²) in [5, 5.41) is -0.135. The van der Waals surface area contributed by atoms with Gasteiger partial charge in [-0.15, -0.1) is 0 Å². The highest BCUT2D eigenvalue weighted by Crippen LogP contribution is 2.08. The summed E-state index contributed by atoms with van der Waals surface area (Å²) in [4.78, 5) is 7.45. The average Bonchev–Trinajstić information content (AvgIpc) is 2.20. The summed E-state index contributed by atoms with van der Waals surface area (Å²) in [7, 11) is -3.49. The third-order valence-corrected chi connectivity index (χ3v) is 3.69. The number of aromatic nitrogens is 2. The van der Waals surface area contributed by atoms with Gasteiger partial charge in [-0.1, -0.05) is 13.8 Å². The van der Waals surface area contributed by atoms with Gasteiger partial charge >= 0.3 is 0 Å². The van der Waals surface area contributed by atoms with E-state index in [0.717, 1.165) is 0 Å². The molecule has 0 bridgehead atoms. The summed E-state index contributed by atoms with van der Waals surface area (Å²) < 4.78 is 24.9. The van der Waals surface area contributed by atoms with Crippen LogP contribution in [0.1, 0.15) is 13.8 Å². The molecular weight excluding hydrogens is 202 g/mol. The lowest BCUT2D eigenvalue weighted by atomic mass is 10.7. The second kappa shape index (κ2) is 4.47. The molecule has 0 N–H and O–H groups in total. The Bertz CT molecular complexity index is 373. The van der Waals surface area contributed by atoms with Crippen molar-refractivity contribution in [2.45, 2.75) is 19.0 Å². The van der Waals surface area contributed by atoms with Crippen LogP contribution in [0.5, 0.6) is 0 Å². The lowest BCUT2D eigenvalue weighted by Crippen LogP contribution is -2.31. The van der Waals surface area contributed by atoms with E-state index in [0.29, 0.717) is 13.1 Å². The molecule has 0 unspecified atom stereocenters. The van der Waals surface area contributed by atoms with Crippen LogP contribution in [0.3, 0.4) is 0 Å². The molecule has 1 rings (SSSR count). The van der Waals surface area contributed by atoms with Crippen molar-refractivity contribution in [3.63, 3.8) is 0 Å². The molecule has 14 heavy (non-hydrogen) atoms. The molecule has 0 aliphatic heterocycles. The Kier molecular flexibility index (Phi) is 3.54. The number of hydrogen-bond acceptors (Lipinski definition) is 4. The summed E-state index contributed by atoms with van der Waals surface area (Å²) in [6.07, 6.45) is 2.84. The third-order valence-electron chi connectivity index (χ3n) is 1.82. The number of rotatable bonds is 4. The first-order chi connectivity index (χ1) is 6.62. The molecule has 0 aromatic carbocycles. The van der Waals surface area contributed by atoms with Crippen LogP contribution < -0.4 is 0 Å². The predicted octanol–water partition coefficient (Wildman–Crippen LogP) is 0.507. The maximum absolute atomic E-state index is 11.8. The number of nitrogens with zero attached hydrogens (tertiary/aromatic N) is 3. The van der Waals surface area contributed by atoms with Gasteiger partial charge in [0.25, 0.3) is 15.2 Å². The predicted molar refractivity (Wildman–Crippen MR) is 52.1 cm³/mol. The summed E-state index contributed by atoms with van der Waals surface area (Å²) in [5.74, 6) is 0. The van der Waals surface area contributed by atoms with E-state index in [1.54, 1.807) is 19.9 Å². The number of hydrogen-bond donors (Lipinski definition) is 0. The van der Waals surface area contributed by atoms with Gasteiger partial charge in [-0.3, -0.25) is 0 Å². The van der Waals surface area contributed by atoms with E-state index in [2.05, 4.69) is 9.97 Å². The first-order valence-corrected chi connectivity index (χ1v) is 5.84. The van der Waals surface area contributed by atoms with Crippen LogP contribution in [0, 0.1) is 0 Å². The van der Waals surface area contributed by atoms with Crippen LogP contribution in [0.15, 0.2) is 23.6 Å². The molecule has 0 saturated carbocycles. The second-order valence-electron chi connectivity index (χ2n) is 2.62. The zero-order valence-corrected chi connectivity index (χ0v) is 9.03. The van der Waals surface area contributed by atoms with Gasteiger partial charge in [0, 0.05) is 25.5 Å². The van der Waals surface area contributed by atoms with Gasteiger partial charge in [-0.05, 0) is 6.07 Å². The zero-order chi connectivity index (χ0) is 10.6. The molecule has 78 valence electrons. The Balaban J connectivity index is 3.08. The maximum Gasteiger partial charge on any atom is 0.278 e. The van der Waals surface area contributed by atoms with Gasteiger partial charge in [0.2, 0.25) is 0 Å². The van der Waals surface area contributed by atoms with Crippen molar-refractivity contribution < 1.29 is 8.42 Å². The topological polar surface area (TPSA) is 63.2 Å². The van der Waals surface area contributed by atoms with Gasteiger partial charge in [0.15, 0.2) is 0 Å². The van der Waals surface area contributed by atoms with Crippen LogP contribution in [0.4, 0.5) is 0 Å². The molecular formula is C8H13N3O2S. The van der Waals surface area contributed by atoms with Crippen molar-refractivity contribution >= 4 is 10.0 Å². The summed E-state index contributed by atoms with van der Waals surface area (Å²) >= 11 is 0. The second-order valence-corrected chi connectivity index (χ2v) is 4.45. The van der Waals surface area contributed by atoms with E-state index in [1.807, 2.05) is 0 Å². The van der Waals surface area contributed by atoms with Crippen LogP contribution in [0.25, 0.3) is 0 Å². The molecule has 6 heteroatoms. The van der Waals surface area contributed by atoms with Gasteiger partial charge in [0.1, 0.15) is 0 Å². The molecule has 0 aliphatic rings. The quantitative estimate of drug-likeness (QED) is 0.686. The van der Waals surface area contributed by atoms with E-state index >= 15 is 0 Å². The van der Waals surface area contributed by atoms with Gasteiger partial charge in [0.05, 0.1) is 0 Å². The van der Waals surface area contributed by atoms with Gasteiger partial charge in [-0.2, -0.15) is 4.31 Å². The van der Waals surface area contributed by atoms with Crippen molar-refractivity contribution in [2.24, 2.45) is 0 Å². The molecule has 0 aliphatic carbocycles. The Hall–Kier alpha value is -1.01. The Morgan fingerprint density at radius 3 is 2.14 bits per heavy atom. The van der Waals surface area contributed by atoms with E-state index in [9.17, 15) is 8.42 Å². The highest BCUT2D eigenvalue weighted by atomic mass is 32.2. The molecule has 0 atom stereocenters. The molecule has 1 aromatic rings. The molecule has 0 spiro atoms. The molecule has 0 radical (unpaired) electrons. The smallest absolute Gasteiger partial charge is 0.226 e. The lowest BCUT2D eigenvalue weighted by molar-refractivity contribution is 0.439. The van der Waals surface area contributed by atoms with E-state index < -0.39 is 10.0 Å². The van der Waals surface area contributed by atoms with Crippen LogP contribution in [-0.4, -0.2) is 35.8 Å². The largest absolute Gasteiger partial charge is 0.278 e. The van der Waals surface area contributed by atoms with Crippen molar-refractivity contribution in [1.29, 1.82) is 0 Å². The van der Waals surface area contributed by atoms with E-state index in [-0.39, 0.29) is 5.16 Å². The zero-order valence-electron chi connectivity index (χ0n) is 8.21. The summed E-state index contributed by atoms with van der Waals surface area (Å²) in [6, 6.07) is 1.58. The SMILES string of the molecule is CCN(CC)S(=O)(=O)c1ncccn1. The number of sulfonamides is 1. The minimum absolute atomic E-state index is 0.135. The normalized spacial score (nSPS) is 11.9. The fraction of sp³-hybridized carbons (Fsp3) is 0.500. The lowest BCUT2D eigenvalue weighted by Gasteiger charge is -2.16. The standard InChI is InChI=1S/C8H13N3O2S/c1-3-11(4-2)14(12,13)8-9-6-5-7-10-8/h5-7H,3-4H2,1-2H3. The highest BCUT2D eigenvalue weighted by molar-refractivity contribution is 7.88. The van der Waals surface area contributed by atoms with Gasteiger partial charge in [-0.25, -0.2) is 18.4 Å². The van der Waals surface area contributed by atoms with E-state index in [4.69, 9.17) is 0 Å². The van der Waals surface area contributed by atoms with Crippen molar-refractivity contribution in [2.75, 3.05) is 13.1 Å². The average molecular weight is 215 g/mol. The Morgan fingerprint density at radius 2 is 1.71 bits per heavy atom. The molecule has 5 nitrogen and oxygen atoms in total. The summed E-state index contributed by atoms with van der Waals surface area (Å²) in [5.41, 5.74) is 0. The van der Waals surface area contributed by atoms with Crippen LogP contribution in [0.2, 0.25) is 0 Å². The van der Waals surface area contributed by atoms with Crippen LogP contribution >= 0.6 is 0 Å².